The second-order valence-corrected chi connectivity index (χ2v) is 17.1. The van der Waals surface area contributed by atoms with Crippen molar-refractivity contribution in [3.63, 3.8) is 0 Å². The van der Waals surface area contributed by atoms with Crippen LogP contribution in [0.2, 0.25) is 0 Å². The van der Waals surface area contributed by atoms with Gasteiger partial charge in [-0.05, 0) is 23.6 Å². The van der Waals surface area contributed by atoms with Gasteiger partial charge in [0.25, 0.3) is 0 Å². The van der Waals surface area contributed by atoms with Crippen molar-refractivity contribution in [2.45, 2.75) is 99.6 Å². The lowest BCUT2D eigenvalue weighted by Crippen LogP contribution is -2.69. The molecule has 2 unspecified atom stereocenters. The normalized spacial score (nSPS) is 28.6. The number of carbonyl (C=O) groups excluding carboxylic acids is 9. The van der Waals surface area contributed by atoms with Gasteiger partial charge in [0.2, 0.25) is 47.3 Å². The molecule has 2 aromatic rings. The van der Waals surface area contributed by atoms with E-state index in [-0.39, 0.29) is 29.2 Å². The summed E-state index contributed by atoms with van der Waals surface area (Å²) < 4.78 is 0. The summed E-state index contributed by atoms with van der Waals surface area (Å²) >= 11 is 0.947. The molecule has 4 heterocycles. The highest BCUT2D eigenvalue weighted by atomic mass is 32.2. The first kappa shape index (κ1) is 48.2. The number of aliphatic hydroxyl groups is 3. The molecule has 1 aromatic heterocycles. The molecule has 3 aliphatic heterocycles. The van der Waals surface area contributed by atoms with Gasteiger partial charge in [0.05, 0.1) is 54.9 Å². The van der Waals surface area contributed by atoms with Gasteiger partial charge < -0.3 is 67.9 Å². The van der Waals surface area contributed by atoms with E-state index in [2.05, 4.69) is 42.2 Å². The van der Waals surface area contributed by atoms with E-state index >= 15 is 0 Å². The van der Waals surface area contributed by atoms with E-state index in [4.69, 9.17) is 5.73 Å². The first-order chi connectivity index (χ1) is 29.8. The molecule has 3 aliphatic rings. The first-order valence-electron chi connectivity index (χ1n) is 20.3. The number of nitrogens with zero attached hydrogens (tertiary/aromatic N) is 1. The first-order valence-corrected chi connectivity index (χ1v) is 21.3. The molecule has 14 N–H and O–H groups in total. The standard InChI is InChI=1S/C39H54N10O13S/c1-4-17(2)31-35(60)42-11-29(56)43-26-15-63-37-22(21-6-5-19(52)7-23(21)46-37)8-24(33(58)41-12-30(57)47-31)44-36(61)32(18(3)27(54)14-50)48-39(16-51)10-20(53)13-49(39)38(62)25(9-28(40)55)45-34(26)59/h5-7,16-18,20,24-27,31-32,46,48,50,52-54H,4,8-15H2,1-3H3,(H2,40,55)(H,41,58)(H,42,60)(H,43,56)(H,44,61)(H,45,59)(H,47,57)/t17-,18-,20+,24?,25-,26?,27-,31-,32-,39+/m0/s1. The fourth-order valence-corrected chi connectivity index (χ4v) is 8.86. The highest BCUT2D eigenvalue weighted by Crippen LogP contribution is 2.34. The van der Waals surface area contributed by atoms with Crippen LogP contribution in [0.4, 0.5) is 0 Å². The van der Waals surface area contributed by atoms with Gasteiger partial charge in [-0.3, -0.25) is 48.5 Å². The molecule has 8 amide bonds. The minimum absolute atomic E-state index is 0.145. The van der Waals surface area contributed by atoms with Crippen molar-refractivity contribution >= 4 is 76.2 Å². The molecule has 0 radical (unpaired) electrons. The number of carbonyl (C=O) groups is 9. The molecular formula is C39H54N10O13S. The summed E-state index contributed by atoms with van der Waals surface area (Å²) in [6.45, 7) is 1.94. The van der Waals surface area contributed by atoms with Crippen LogP contribution in [-0.4, -0.2) is 164 Å². The van der Waals surface area contributed by atoms with Gasteiger partial charge in [-0.15, -0.1) is 11.8 Å². The van der Waals surface area contributed by atoms with Crippen molar-refractivity contribution < 1.29 is 63.6 Å². The van der Waals surface area contributed by atoms with Gasteiger partial charge in [-0.25, -0.2) is 0 Å². The minimum Gasteiger partial charge on any atom is -0.508 e. The zero-order valence-electron chi connectivity index (χ0n) is 34.8. The van der Waals surface area contributed by atoms with Crippen LogP contribution < -0.4 is 43.0 Å². The van der Waals surface area contributed by atoms with E-state index in [1.54, 1.807) is 13.8 Å². The number of thioether (sulfide) groups is 1. The quantitative estimate of drug-likeness (QED) is 0.110. The predicted octanol–water partition coefficient (Wildman–Crippen LogP) is -4.94. The Morgan fingerprint density at radius 3 is 2.29 bits per heavy atom. The number of phenols is 1. The van der Waals surface area contributed by atoms with Gasteiger partial charge in [0.1, 0.15) is 29.9 Å². The Morgan fingerprint density at radius 1 is 0.952 bits per heavy atom. The summed E-state index contributed by atoms with van der Waals surface area (Å²) in [4.78, 5) is 127. The number of aromatic nitrogens is 1. The Morgan fingerprint density at radius 2 is 1.63 bits per heavy atom. The summed E-state index contributed by atoms with van der Waals surface area (Å²) in [5, 5.41) is 60.7. The molecule has 5 rings (SSSR count). The van der Waals surface area contributed by atoms with Gasteiger partial charge >= 0.3 is 0 Å². The van der Waals surface area contributed by atoms with Crippen LogP contribution in [0.3, 0.4) is 0 Å². The molecule has 0 spiro atoms. The number of aromatic hydroxyl groups is 1. The molecule has 23 nitrogen and oxygen atoms in total. The third-order valence-corrected chi connectivity index (χ3v) is 12.6. The number of fused-ring (bicyclic) bond motifs is 5. The van der Waals surface area contributed by atoms with E-state index < -0.39 is 146 Å². The number of phenolic OH excluding ortho intramolecular Hbond substituents is 1. The third kappa shape index (κ3) is 11.2. The van der Waals surface area contributed by atoms with Crippen LogP contribution >= 0.6 is 11.8 Å². The monoisotopic (exact) mass is 902 g/mol. The average molecular weight is 903 g/mol. The number of aldehydes is 1. The number of nitrogens with one attached hydrogen (secondary N) is 8. The molecule has 10 atom stereocenters. The van der Waals surface area contributed by atoms with Crippen LogP contribution in [0.5, 0.6) is 5.75 Å². The summed E-state index contributed by atoms with van der Waals surface area (Å²) in [5.74, 6) is -9.87. The second kappa shape index (κ2) is 20.6. The smallest absolute Gasteiger partial charge is 0.247 e. The van der Waals surface area contributed by atoms with Crippen molar-refractivity contribution in [2.24, 2.45) is 17.6 Å². The number of hydrogen-bond acceptors (Lipinski definition) is 15. The Hall–Kier alpha value is -5.82. The number of hydrogen-bond donors (Lipinski definition) is 13. The molecule has 1 aromatic carbocycles. The van der Waals surface area contributed by atoms with Crippen LogP contribution in [0, 0.1) is 11.8 Å². The third-order valence-electron chi connectivity index (χ3n) is 11.5. The van der Waals surface area contributed by atoms with Crippen LogP contribution in [0.15, 0.2) is 23.2 Å². The maximum absolute atomic E-state index is 14.6. The largest absolute Gasteiger partial charge is 0.508 e. The van der Waals surface area contributed by atoms with Crippen LogP contribution in [0.1, 0.15) is 45.6 Å². The number of aliphatic hydroxyl groups excluding tert-OH is 3. The minimum atomic E-state index is -2.28. The fourth-order valence-electron chi connectivity index (χ4n) is 7.74. The lowest BCUT2D eigenvalue weighted by atomic mass is 9.92. The SMILES string of the molecule is CC[C@H](C)[C@@H]1NC(=O)CNC(=O)C2Cc3c([nH]c4cc(O)ccc34)SCC(NC(=O)CNC1=O)C(=O)N[C@@H](CC(N)=O)C(=O)N1C[C@H](O)C[C@@]1(C=O)N[C@@H]([C@@H](C)[C@@H](O)CO)C(=O)N2. The number of rotatable bonds is 8. The molecule has 2 bridgehead atoms. The Labute approximate surface area is 364 Å². The van der Waals surface area contributed by atoms with E-state index in [1.807, 2.05) is 0 Å². The maximum atomic E-state index is 14.6. The highest BCUT2D eigenvalue weighted by Gasteiger charge is 2.52. The summed E-state index contributed by atoms with van der Waals surface area (Å²) in [5.41, 5.74) is 3.95. The molecule has 344 valence electrons. The maximum Gasteiger partial charge on any atom is 0.247 e. The van der Waals surface area contributed by atoms with E-state index in [1.165, 1.54) is 25.1 Å². The van der Waals surface area contributed by atoms with Crippen molar-refractivity contribution in [1.29, 1.82) is 0 Å². The lowest BCUT2D eigenvalue weighted by molar-refractivity contribution is -0.147. The number of H-pyrrole nitrogens is 1. The number of amides is 8. The predicted molar refractivity (Wildman–Crippen MR) is 222 cm³/mol. The summed E-state index contributed by atoms with van der Waals surface area (Å²) in [6, 6.07) is -3.60. The van der Waals surface area contributed by atoms with Gasteiger partial charge in [-0.1, -0.05) is 27.2 Å². The van der Waals surface area contributed by atoms with Crippen molar-refractivity contribution in [3.05, 3.63) is 23.8 Å². The Balaban J connectivity index is 1.74. The van der Waals surface area contributed by atoms with Crippen LogP contribution in [0.25, 0.3) is 10.9 Å². The number of primary amides is 1. The molecular weight excluding hydrogens is 849 g/mol. The zero-order valence-corrected chi connectivity index (χ0v) is 35.6. The molecule has 24 heteroatoms. The highest BCUT2D eigenvalue weighted by molar-refractivity contribution is 7.99. The number of aromatic amines is 1. The average Bonchev–Trinajstić information content (AvgIpc) is 3.76. The van der Waals surface area contributed by atoms with Crippen molar-refractivity contribution in [2.75, 3.05) is 32.0 Å². The molecule has 63 heavy (non-hydrogen) atoms. The lowest BCUT2D eigenvalue weighted by Gasteiger charge is -2.41. The van der Waals surface area contributed by atoms with Gasteiger partial charge in [0.15, 0.2) is 11.9 Å². The van der Waals surface area contributed by atoms with Gasteiger partial charge in [0, 0.05) is 42.5 Å². The number of nitrogens with two attached hydrogens (primary N) is 1. The van der Waals surface area contributed by atoms with Gasteiger partial charge in [-0.2, -0.15) is 0 Å². The Kier molecular flexibility index (Phi) is 15.7. The molecule has 1 fully saturated rings. The second-order valence-electron chi connectivity index (χ2n) is 16.0. The molecule has 1 saturated heterocycles. The van der Waals surface area contributed by atoms with E-state index in [0.717, 1.165) is 16.7 Å². The van der Waals surface area contributed by atoms with Crippen molar-refractivity contribution in [1.82, 2.24) is 47.1 Å². The molecule has 0 saturated carbocycles. The summed E-state index contributed by atoms with van der Waals surface area (Å²) in [6.07, 6.45) is -4.18. The van der Waals surface area contributed by atoms with Crippen LogP contribution in [-0.2, 0) is 49.6 Å². The molecule has 0 aliphatic carbocycles. The zero-order chi connectivity index (χ0) is 46.3. The van der Waals surface area contributed by atoms with Crippen molar-refractivity contribution in [3.8, 4) is 5.75 Å². The van der Waals surface area contributed by atoms with E-state index in [0.29, 0.717) is 22.9 Å². The fraction of sp³-hybridized carbons (Fsp3) is 0.564. The van der Waals surface area contributed by atoms with E-state index in [9.17, 15) is 63.6 Å². The summed E-state index contributed by atoms with van der Waals surface area (Å²) in [7, 11) is 0. The topological polar surface area (TPSA) is 364 Å². The Bertz CT molecular complexity index is 2120. The number of benzene rings is 1.